The summed E-state index contributed by atoms with van der Waals surface area (Å²) in [5, 5.41) is 4.53. The Morgan fingerprint density at radius 1 is 1.29 bits per heavy atom. The molecule has 0 atom stereocenters. The largest absolute Gasteiger partial charge is 0.309 e. The minimum absolute atomic E-state index is 0.867. The Morgan fingerprint density at radius 2 is 2.06 bits per heavy atom. The van der Waals surface area contributed by atoms with Crippen LogP contribution >= 0.6 is 23.1 Å². The number of aromatic nitrogens is 2. The molecule has 3 nitrogen and oxygen atoms in total. The second-order valence-electron chi connectivity index (χ2n) is 4.33. The molecule has 0 aromatic carbocycles. The lowest BCUT2D eigenvalue weighted by atomic mass is 10.3. The second kappa shape index (κ2) is 5.33. The highest BCUT2D eigenvalue weighted by atomic mass is 32.2. The van der Waals surface area contributed by atoms with E-state index in [2.05, 4.69) is 41.3 Å². The predicted octanol–water partition coefficient (Wildman–Crippen LogP) is 2.96. The van der Waals surface area contributed by atoms with Crippen molar-refractivity contribution in [3.8, 4) is 0 Å². The van der Waals surface area contributed by atoms with Crippen LogP contribution in [-0.4, -0.2) is 41.3 Å². The van der Waals surface area contributed by atoms with E-state index in [4.69, 9.17) is 0 Å². The lowest BCUT2D eigenvalue weighted by molar-refractivity contribution is 0.437. The molecule has 92 valence electrons. The second-order valence-corrected chi connectivity index (χ2v) is 6.27. The highest BCUT2D eigenvalue weighted by Gasteiger charge is 2.10. The van der Waals surface area contributed by atoms with E-state index in [1.807, 2.05) is 18.7 Å². The van der Waals surface area contributed by atoms with Crippen molar-refractivity contribution in [2.75, 3.05) is 26.4 Å². The standard InChI is InChI=1S/C12H17N3S2/c1-8-7-17-12-10(8)11(13-9(2)14-12)16-6-5-15(3)4/h7H,5-6H2,1-4H3. The highest BCUT2D eigenvalue weighted by molar-refractivity contribution is 7.99. The van der Waals surface area contributed by atoms with Crippen molar-refractivity contribution in [1.82, 2.24) is 14.9 Å². The van der Waals surface area contributed by atoms with Gasteiger partial charge in [0.1, 0.15) is 15.7 Å². The Bertz CT molecular complexity index is 520. The molecule has 2 heterocycles. The fraction of sp³-hybridized carbons (Fsp3) is 0.500. The van der Waals surface area contributed by atoms with Crippen LogP contribution in [-0.2, 0) is 0 Å². The van der Waals surface area contributed by atoms with Gasteiger partial charge in [-0.3, -0.25) is 0 Å². The van der Waals surface area contributed by atoms with Crippen molar-refractivity contribution in [3.05, 3.63) is 16.8 Å². The van der Waals surface area contributed by atoms with Crippen LogP contribution in [0.3, 0.4) is 0 Å². The van der Waals surface area contributed by atoms with Crippen LogP contribution in [0.15, 0.2) is 10.4 Å². The summed E-state index contributed by atoms with van der Waals surface area (Å²) in [6.45, 7) is 5.16. The zero-order chi connectivity index (χ0) is 12.4. The molecule has 0 saturated carbocycles. The van der Waals surface area contributed by atoms with Gasteiger partial charge in [-0.15, -0.1) is 23.1 Å². The average Bonchev–Trinajstić information content (AvgIpc) is 2.59. The maximum atomic E-state index is 4.57. The third-order valence-electron chi connectivity index (χ3n) is 2.47. The van der Waals surface area contributed by atoms with E-state index in [0.29, 0.717) is 0 Å². The van der Waals surface area contributed by atoms with Gasteiger partial charge >= 0.3 is 0 Å². The van der Waals surface area contributed by atoms with E-state index in [9.17, 15) is 0 Å². The maximum absolute atomic E-state index is 4.57. The van der Waals surface area contributed by atoms with Gasteiger partial charge in [0.25, 0.3) is 0 Å². The van der Waals surface area contributed by atoms with Crippen LogP contribution in [0.5, 0.6) is 0 Å². The average molecular weight is 267 g/mol. The van der Waals surface area contributed by atoms with E-state index in [0.717, 1.165) is 28.0 Å². The molecule has 2 aromatic rings. The summed E-state index contributed by atoms with van der Waals surface area (Å²) in [4.78, 5) is 12.4. The van der Waals surface area contributed by atoms with Crippen LogP contribution in [0.2, 0.25) is 0 Å². The molecule has 0 unspecified atom stereocenters. The molecule has 0 bridgehead atoms. The Balaban J connectivity index is 2.28. The molecule has 2 aromatic heterocycles. The van der Waals surface area contributed by atoms with Crippen LogP contribution in [0.25, 0.3) is 10.2 Å². The number of hydrogen-bond donors (Lipinski definition) is 0. The van der Waals surface area contributed by atoms with Gasteiger partial charge in [0, 0.05) is 17.7 Å². The fourth-order valence-corrected chi connectivity index (χ4v) is 3.86. The van der Waals surface area contributed by atoms with Crippen molar-refractivity contribution in [2.45, 2.75) is 18.9 Å². The monoisotopic (exact) mass is 267 g/mol. The minimum Gasteiger partial charge on any atom is -0.309 e. The smallest absolute Gasteiger partial charge is 0.128 e. The SMILES string of the molecule is Cc1nc(SCCN(C)C)c2c(C)csc2n1. The molecule has 0 radical (unpaired) electrons. The van der Waals surface area contributed by atoms with Crippen molar-refractivity contribution in [3.63, 3.8) is 0 Å². The van der Waals surface area contributed by atoms with Gasteiger partial charge in [-0.05, 0) is 38.9 Å². The third kappa shape index (κ3) is 2.97. The highest BCUT2D eigenvalue weighted by Crippen LogP contribution is 2.31. The van der Waals surface area contributed by atoms with Crippen molar-refractivity contribution in [2.24, 2.45) is 0 Å². The zero-order valence-electron chi connectivity index (χ0n) is 10.6. The molecule has 17 heavy (non-hydrogen) atoms. The summed E-state index contributed by atoms with van der Waals surface area (Å²) >= 11 is 3.53. The van der Waals surface area contributed by atoms with E-state index < -0.39 is 0 Å². The topological polar surface area (TPSA) is 29.0 Å². The molecule has 5 heteroatoms. The number of thiophene rings is 1. The molecule has 0 spiro atoms. The normalized spacial score (nSPS) is 11.6. The Labute approximate surface area is 110 Å². The number of rotatable bonds is 4. The van der Waals surface area contributed by atoms with Crippen LogP contribution in [0.4, 0.5) is 0 Å². The van der Waals surface area contributed by atoms with Crippen LogP contribution in [0, 0.1) is 13.8 Å². The third-order valence-corrected chi connectivity index (χ3v) is 4.42. The van der Waals surface area contributed by atoms with Gasteiger partial charge in [-0.1, -0.05) is 0 Å². The lowest BCUT2D eigenvalue weighted by Crippen LogP contribution is -2.14. The summed E-state index contributed by atoms with van der Waals surface area (Å²) in [5.74, 6) is 1.93. The summed E-state index contributed by atoms with van der Waals surface area (Å²) in [5.41, 5.74) is 1.29. The summed E-state index contributed by atoms with van der Waals surface area (Å²) in [6.07, 6.45) is 0. The van der Waals surface area contributed by atoms with E-state index in [-0.39, 0.29) is 0 Å². The van der Waals surface area contributed by atoms with Crippen LogP contribution in [0.1, 0.15) is 11.4 Å². The number of thioether (sulfide) groups is 1. The molecule has 0 aliphatic rings. The van der Waals surface area contributed by atoms with E-state index in [1.54, 1.807) is 11.3 Å². The van der Waals surface area contributed by atoms with Gasteiger partial charge in [0.2, 0.25) is 0 Å². The molecule has 0 N–H and O–H groups in total. The molecule has 0 fully saturated rings. The Kier molecular flexibility index (Phi) is 4.01. The molecule has 2 rings (SSSR count). The number of nitrogens with zero attached hydrogens (tertiary/aromatic N) is 3. The van der Waals surface area contributed by atoms with E-state index >= 15 is 0 Å². The Morgan fingerprint density at radius 3 is 2.76 bits per heavy atom. The van der Waals surface area contributed by atoms with Gasteiger partial charge in [-0.25, -0.2) is 9.97 Å². The van der Waals surface area contributed by atoms with Crippen LogP contribution < -0.4 is 0 Å². The zero-order valence-corrected chi connectivity index (χ0v) is 12.3. The molecular formula is C12H17N3S2. The lowest BCUT2D eigenvalue weighted by Gasteiger charge is -2.09. The number of fused-ring (bicyclic) bond motifs is 1. The first-order valence-electron chi connectivity index (χ1n) is 5.58. The summed E-state index contributed by atoms with van der Waals surface area (Å²) < 4.78 is 0. The molecule has 0 amide bonds. The molecule has 0 aliphatic carbocycles. The van der Waals surface area contributed by atoms with E-state index in [1.165, 1.54) is 10.9 Å². The van der Waals surface area contributed by atoms with Crippen molar-refractivity contribution >= 4 is 33.3 Å². The molecule has 0 aliphatic heterocycles. The first-order chi connectivity index (χ1) is 8.08. The van der Waals surface area contributed by atoms with Gasteiger partial charge in [-0.2, -0.15) is 0 Å². The number of aryl methyl sites for hydroxylation is 2. The summed E-state index contributed by atoms with van der Waals surface area (Å²) in [6, 6.07) is 0. The van der Waals surface area contributed by atoms with Crippen molar-refractivity contribution in [1.29, 1.82) is 0 Å². The van der Waals surface area contributed by atoms with Crippen molar-refractivity contribution < 1.29 is 0 Å². The maximum Gasteiger partial charge on any atom is 0.128 e. The van der Waals surface area contributed by atoms with Gasteiger partial charge in [0.05, 0.1) is 0 Å². The first-order valence-corrected chi connectivity index (χ1v) is 7.44. The fourth-order valence-electron chi connectivity index (χ4n) is 1.58. The van der Waals surface area contributed by atoms with Gasteiger partial charge < -0.3 is 4.90 Å². The van der Waals surface area contributed by atoms with Gasteiger partial charge in [0.15, 0.2) is 0 Å². The summed E-state index contributed by atoms with van der Waals surface area (Å²) in [7, 11) is 4.19. The first kappa shape index (κ1) is 12.8. The quantitative estimate of drug-likeness (QED) is 0.629. The Hall–Kier alpha value is -0.650. The molecular weight excluding hydrogens is 250 g/mol. The minimum atomic E-state index is 0.867. The number of hydrogen-bond acceptors (Lipinski definition) is 5. The predicted molar refractivity (Wildman–Crippen MR) is 76.2 cm³/mol. The molecule has 0 saturated heterocycles.